The summed E-state index contributed by atoms with van der Waals surface area (Å²) < 4.78 is 0. The minimum Gasteiger partial charge on any atom is -0.324 e. The zero-order chi connectivity index (χ0) is 13.0. The fourth-order valence-electron chi connectivity index (χ4n) is 2.17. The van der Waals surface area contributed by atoms with Crippen LogP contribution in [0, 0.1) is 5.92 Å². The molecular formula is C15H22N2O. The van der Waals surface area contributed by atoms with Gasteiger partial charge in [0.1, 0.15) is 0 Å². The predicted molar refractivity (Wildman–Crippen MR) is 74.4 cm³/mol. The van der Waals surface area contributed by atoms with Crippen molar-refractivity contribution in [3.63, 3.8) is 0 Å². The van der Waals surface area contributed by atoms with E-state index in [0.717, 1.165) is 24.9 Å². The smallest absolute Gasteiger partial charge is 0.241 e. The number of amides is 1. The predicted octanol–water partition coefficient (Wildman–Crippen LogP) is 2.71. The van der Waals surface area contributed by atoms with Crippen molar-refractivity contribution >= 4 is 11.6 Å². The minimum atomic E-state index is -0.368. The van der Waals surface area contributed by atoms with Gasteiger partial charge in [-0.05, 0) is 30.4 Å². The first-order chi connectivity index (χ1) is 8.70. The lowest BCUT2D eigenvalue weighted by Gasteiger charge is -2.14. The monoisotopic (exact) mass is 246 g/mol. The zero-order valence-corrected chi connectivity index (χ0v) is 11.0. The molecule has 0 aromatic heterocycles. The third kappa shape index (κ3) is 3.57. The summed E-state index contributed by atoms with van der Waals surface area (Å²) in [6.07, 6.45) is 5.33. The van der Waals surface area contributed by atoms with E-state index in [1.807, 2.05) is 18.2 Å². The Labute approximate surface area is 109 Å². The summed E-state index contributed by atoms with van der Waals surface area (Å²) in [5, 5.41) is 2.96. The largest absolute Gasteiger partial charge is 0.324 e. The van der Waals surface area contributed by atoms with Gasteiger partial charge in [0.05, 0.1) is 6.04 Å². The van der Waals surface area contributed by atoms with Crippen molar-refractivity contribution in [1.29, 1.82) is 0 Å². The second-order valence-corrected chi connectivity index (χ2v) is 5.18. The average Bonchev–Trinajstić information content (AvgIpc) is 3.16. The molecule has 1 aliphatic carbocycles. The quantitative estimate of drug-likeness (QED) is 0.811. The van der Waals surface area contributed by atoms with Crippen molar-refractivity contribution in [2.24, 2.45) is 11.7 Å². The van der Waals surface area contributed by atoms with Crippen molar-refractivity contribution in [1.82, 2.24) is 0 Å². The molecule has 0 spiro atoms. The molecule has 1 fully saturated rings. The first-order valence-electron chi connectivity index (χ1n) is 6.85. The summed E-state index contributed by atoms with van der Waals surface area (Å²) in [6, 6.07) is 7.59. The van der Waals surface area contributed by atoms with Crippen LogP contribution in [0.3, 0.4) is 0 Å². The molecule has 3 nitrogen and oxygen atoms in total. The Bertz CT molecular complexity index is 413. The maximum atomic E-state index is 12.0. The standard InChI is InChI=1S/C15H22N2O/c1-2-5-12-6-3-4-7-14(12)17-15(18)13(16)10-11-8-9-11/h3-4,6-7,11,13H,2,5,8-10,16H2,1H3,(H,17,18). The average molecular weight is 246 g/mol. The van der Waals surface area contributed by atoms with E-state index in [4.69, 9.17) is 5.73 Å². The fourth-order valence-corrected chi connectivity index (χ4v) is 2.17. The van der Waals surface area contributed by atoms with E-state index >= 15 is 0 Å². The fraction of sp³-hybridized carbons (Fsp3) is 0.533. The number of para-hydroxylation sites is 1. The van der Waals surface area contributed by atoms with Crippen LogP contribution in [0.4, 0.5) is 5.69 Å². The van der Waals surface area contributed by atoms with E-state index in [-0.39, 0.29) is 11.9 Å². The second-order valence-electron chi connectivity index (χ2n) is 5.18. The Hall–Kier alpha value is -1.35. The van der Waals surface area contributed by atoms with E-state index in [9.17, 15) is 4.79 Å². The number of nitrogens with two attached hydrogens (primary N) is 1. The lowest BCUT2D eigenvalue weighted by Crippen LogP contribution is -2.36. The third-order valence-electron chi connectivity index (χ3n) is 3.42. The van der Waals surface area contributed by atoms with E-state index in [2.05, 4.69) is 18.3 Å². The molecular weight excluding hydrogens is 224 g/mol. The molecule has 1 aromatic carbocycles. The highest BCUT2D eigenvalue weighted by molar-refractivity contribution is 5.95. The molecule has 18 heavy (non-hydrogen) atoms. The van der Waals surface area contributed by atoms with E-state index in [0.29, 0.717) is 5.92 Å². The number of carbonyl (C=O) groups is 1. The van der Waals surface area contributed by atoms with Gasteiger partial charge in [-0.25, -0.2) is 0 Å². The zero-order valence-electron chi connectivity index (χ0n) is 11.0. The van der Waals surface area contributed by atoms with Crippen molar-refractivity contribution in [2.75, 3.05) is 5.32 Å². The number of anilines is 1. The van der Waals surface area contributed by atoms with Crippen LogP contribution in [0.15, 0.2) is 24.3 Å². The molecule has 1 atom stereocenters. The van der Waals surface area contributed by atoms with Crippen LogP contribution >= 0.6 is 0 Å². The van der Waals surface area contributed by atoms with Crippen LogP contribution in [-0.2, 0) is 11.2 Å². The molecule has 0 aliphatic heterocycles. The second kappa shape index (κ2) is 6.01. The van der Waals surface area contributed by atoms with Crippen molar-refractivity contribution in [2.45, 2.75) is 45.1 Å². The van der Waals surface area contributed by atoms with Crippen LogP contribution in [-0.4, -0.2) is 11.9 Å². The third-order valence-corrected chi connectivity index (χ3v) is 3.42. The number of nitrogens with one attached hydrogen (secondary N) is 1. The number of benzene rings is 1. The van der Waals surface area contributed by atoms with Gasteiger partial charge in [-0.3, -0.25) is 4.79 Å². The molecule has 2 rings (SSSR count). The molecule has 0 radical (unpaired) electrons. The number of aryl methyl sites for hydroxylation is 1. The summed E-state index contributed by atoms with van der Waals surface area (Å²) in [5.74, 6) is 0.627. The SMILES string of the molecule is CCCc1ccccc1NC(=O)C(N)CC1CC1. The summed E-state index contributed by atoms with van der Waals surface area (Å²) in [5.41, 5.74) is 8.02. The Morgan fingerprint density at radius 3 is 2.83 bits per heavy atom. The molecule has 1 saturated carbocycles. The van der Waals surface area contributed by atoms with Crippen LogP contribution in [0.1, 0.15) is 38.2 Å². The van der Waals surface area contributed by atoms with Gasteiger partial charge in [0.25, 0.3) is 0 Å². The molecule has 1 amide bonds. The van der Waals surface area contributed by atoms with E-state index in [1.54, 1.807) is 0 Å². The molecule has 1 unspecified atom stereocenters. The molecule has 98 valence electrons. The first-order valence-corrected chi connectivity index (χ1v) is 6.85. The molecule has 1 aromatic rings. The summed E-state index contributed by atoms with van der Waals surface area (Å²) in [4.78, 5) is 12.0. The van der Waals surface area contributed by atoms with Crippen LogP contribution in [0.2, 0.25) is 0 Å². The van der Waals surface area contributed by atoms with Gasteiger partial charge in [0.2, 0.25) is 5.91 Å². The van der Waals surface area contributed by atoms with Gasteiger partial charge in [0.15, 0.2) is 0 Å². The maximum Gasteiger partial charge on any atom is 0.241 e. The van der Waals surface area contributed by atoms with E-state index in [1.165, 1.54) is 18.4 Å². The van der Waals surface area contributed by atoms with E-state index < -0.39 is 0 Å². The summed E-state index contributed by atoms with van der Waals surface area (Å²) in [6.45, 7) is 2.14. The topological polar surface area (TPSA) is 55.1 Å². The molecule has 0 bridgehead atoms. The molecule has 3 heteroatoms. The number of rotatable bonds is 6. The van der Waals surface area contributed by atoms with Crippen LogP contribution in [0.5, 0.6) is 0 Å². The molecule has 0 saturated heterocycles. The van der Waals surface area contributed by atoms with Crippen molar-refractivity contribution in [3.8, 4) is 0 Å². The van der Waals surface area contributed by atoms with Gasteiger partial charge < -0.3 is 11.1 Å². The van der Waals surface area contributed by atoms with Gasteiger partial charge in [-0.2, -0.15) is 0 Å². The van der Waals surface area contributed by atoms with Crippen molar-refractivity contribution in [3.05, 3.63) is 29.8 Å². The molecule has 1 aliphatic rings. The Balaban J connectivity index is 1.96. The lowest BCUT2D eigenvalue weighted by atomic mass is 10.1. The summed E-state index contributed by atoms with van der Waals surface area (Å²) in [7, 11) is 0. The van der Waals surface area contributed by atoms with Crippen molar-refractivity contribution < 1.29 is 4.79 Å². The Kier molecular flexibility index (Phi) is 4.37. The Morgan fingerprint density at radius 1 is 1.44 bits per heavy atom. The normalized spacial score (nSPS) is 16.3. The van der Waals surface area contributed by atoms with Gasteiger partial charge in [0, 0.05) is 5.69 Å². The highest BCUT2D eigenvalue weighted by Gasteiger charge is 2.27. The Morgan fingerprint density at radius 2 is 2.17 bits per heavy atom. The maximum absolute atomic E-state index is 12.0. The van der Waals surface area contributed by atoms with Crippen LogP contribution < -0.4 is 11.1 Å². The summed E-state index contributed by atoms with van der Waals surface area (Å²) >= 11 is 0. The minimum absolute atomic E-state index is 0.0505. The highest BCUT2D eigenvalue weighted by Crippen LogP contribution is 2.33. The first kappa shape index (κ1) is 13.1. The number of carbonyl (C=O) groups excluding carboxylic acids is 1. The highest BCUT2D eigenvalue weighted by atomic mass is 16.2. The van der Waals surface area contributed by atoms with Gasteiger partial charge >= 0.3 is 0 Å². The number of hydrogen-bond acceptors (Lipinski definition) is 2. The lowest BCUT2D eigenvalue weighted by molar-refractivity contribution is -0.117. The number of hydrogen-bond donors (Lipinski definition) is 2. The molecule has 3 N–H and O–H groups in total. The van der Waals surface area contributed by atoms with Gasteiger partial charge in [-0.1, -0.05) is 44.4 Å². The van der Waals surface area contributed by atoms with Gasteiger partial charge in [-0.15, -0.1) is 0 Å². The van der Waals surface area contributed by atoms with Crippen LogP contribution in [0.25, 0.3) is 0 Å². The molecule has 0 heterocycles.